The molecule has 5 heteroatoms. The number of aromatic nitrogens is 2. The predicted octanol–water partition coefficient (Wildman–Crippen LogP) is 6.41. The Morgan fingerprint density at radius 3 is 2.44 bits per heavy atom. The molecule has 2 atom stereocenters. The van der Waals surface area contributed by atoms with E-state index in [1.165, 1.54) is 5.56 Å². The van der Waals surface area contributed by atoms with Gasteiger partial charge in [0.15, 0.2) is 5.78 Å². The molecule has 0 saturated carbocycles. The summed E-state index contributed by atoms with van der Waals surface area (Å²) in [6.07, 6.45) is 1.26. The SMILES string of the molecule is Cc1ccc(C2C3=C(CC(c4ccc(Cl)cc4)CC3=O)Nc3nc4ccccc4n32)cc1. The third-order valence-corrected chi connectivity index (χ3v) is 6.88. The molecule has 2 aliphatic rings. The number of ketones is 1. The molecule has 0 fully saturated rings. The maximum atomic E-state index is 13.6. The minimum absolute atomic E-state index is 0.126. The van der Waals surface area contributed by atoms with Gasteiger partial charge in [0.05, 0.1) is 17.1 Å². The Kier molecular flexibility index (Phi) is 4.44. The molecule has 0 saturated heterocycles. The van der Waals surface area contributed by atoms with Gasteiger partial charge in [-0.1, -0.05) is 65.7 Å². The first kappa shape index (κ1) is 19.3. The van der Waals surface area contributed by atoms with Crippen molar-refractivity contribution in [3.8, 4) is 0 Å². The second-order valence-corrected chi connectivity index (χ2v) is 9.14. The summed E-state index contributed by atoms with van der Waals surface area (Å²) < 4.78 is 2.18. The van der Waals surface area contributed by atoms with Crippen LogP contribution in [0.1, 0.15) is 41.5 Å². The third kappa shape index (κ3) is 3.06. The molecule has 0 bridgehead atoms. The highest BCUT2D eigenvalue weighted by atomic mass is 35.5. The fourth-order valence-electron chi connectivity index (χ4n) is 5.06. The van der Waals surface area contributed by atoms with E-state index in [1.807, 2.05) is 42.5 Å². The highest BCUT2D eigenvalue weighted by Crippen LogP contribution is 2.46. The average Bonchev–Trinajstić information content (AvgIpc) is 3.17. The molecular formula is C27H22ClN3O. The third-order valence-electron chi connectivity index (χ3n) is 6.63. The summed E-state index contributed by atoms with van der Waals surface area (Å²) in [4.78, 5) is 18.5. The number of para-hydroxylation sites is 2. The first-order valence-electron chi connectivity index (χ1n) is 10.9. The van der Waals surface area contributed by atoms with Gasteiger partial charge >= 0.3 is 0 Å². The molecule has 1 aromatic heterocycles. The number of hydrogen-bond acceptors (Lipinski definition) is 3. The van der Waals surface area contributed by atoms with E-state index in [-0.39, 0.29) is 17.7 Å². The van der Waals surface area contributed by atoms with Gasteiger partial charge in [0.2, 0.25) is 5.95 Å². The summed E-state index contributed by atoms with van der Waals surface area (Å²) in [5.74, 6) is 1.11. The molecule has 1 aliphatic carbocycles. The molecule has 2 heterocycles. The van der Waals surface area contributed by atoms with Gasteiger partial charge in [-0.2, -0.15) is 0 Å². The predicted molar refractivity (Wildman–Crippen MR) is 128 cm³/mol. The monoisotopic (exact) mass is 439 g/mol. The van der Waals surface area contributed by atoms with Crippen LogP contribution in [-0.4, -0.2) is 15.3 Å². The van der Waals surface area contributed by atoms with E-state index in [1.54, 1.807) is 0 Å². The topological polar surface area (TPSA) is 46.9 Å². The molecule has 1 aliphatic heterocycles. The minimum atomic E-state index is -0.187. The molecule has 4 aromatic rings. The molecular weight excluding hydrogens is 418 g/mol. The molecule has 6 rings (SSSR count). The van der Waals surface area contributed by atoms with E-state index in [9.17, 15) is 4.79 Å². The molecule has 158 valence electrons. The van der Waals surface area contributed by atoms with Crippen molar-refractivity contribution in [2.24, 2.45) is 0 Å². The van der Waals surface area contributed by atoms with Crippen molar-refractivity contribution in [2.45, 2.75) is 31.7 Å². The summed E-state index contributed by atoms with van der Waals surface area (Å²) in [7, 11) is 0. The van der Waals surface area contributed by atoms with Crippen LogP contribution >= 0.6 is 11.6 Å². The van der Waals surface area contributed by atoms with E-state index in [4.69, 9.17) is 16.6 Å². The summed E-state index contributed by atoms with van der Waals surface area (Å²) in [5, 5.41) is 4.23. The van der Waals surface area contributed by atoms with Crippen molar-refractivity contribution in [1.82, 2.24) is 9.55 Å². The minimum Gasteiger partial charge on any atom is -0.329 e. The maximum absolute atomic E-state index is 13.6. The largest absolute Gasteiger partial charge is 0.329 e. The van der Waals surface area contributed by atoms with Crippen LogP contribution in [0.3, 0.4) is 0 Å². The van der Waals surface area contributed by atoms with Gasteiger partial charge in [0.1, 0.15) is 0 Å². The van der Waals surface area contributed by atoms with Crippen LogP contribution in [0.5, 0.6) is 0 Å². The Hall–Kier alpha value is -3.37. The molecule has 0 spiro atoms. The quantitative estimate of drug-likeness (QED) is 0.392. The van der Waals surface area contributed by atoms with Crippen molar-refractivity contribution in [2.75, 3.05) is 5.32 Å². The molecule has 4 nitrogen and oxygen atoms in total. The van der Waals surface area contributed by atoms with Crippen LogP contribution in [0.2, 0.25) is 5.02 Å². The van der Waals surface area contributed by atoms with Gasteiger partial charge in [-0.15, -0.1) is 0 Å². The van der Waals surface area contributed by atoms with Gasteiger partial charge in [-0.25, -0.2) is 4.98 Å². The van der Waals surface area contributed by atoms with Crippen molar-refractivity contribution in [3.05, 3.63) is 106 Å². The fraction of sp³-hybridized carbons (Fsp3) is 0.185. The molecule has 3 aromatic carbocycles. The van der Waals surface area contributed by atoms with Crippen LogP contribution in [0.25, 0.3) is 11.0 Å². The maximum Gasteiger partial charge on any atom is 0.209 e. The molecule has 2 unspecified atom stereocenters. The summed E-state index contributed by atoms with van der Waals surface area (Å²) in [6.45, 7) is 2.08. The van der Waals surface area contributed by atoms with Gasteiger partial charge in [-0.3, -0.25) is 9.36 Å². The number of hydrogen-bond donors (Lipinski definition) is 1. The van der Waals surface area contributed by atoms with E-state index in [2.05, 4.69) is 47.1 Å². The number of anilines is 1. The van der Waals surface area contributed by atoms with E-state index in [0.717, 1.165) is 45.8 Å². The van der Waals surface area contributed by atoms with Crippen LogP contribution in [0.4, 0.5) is 5.95 Å². The van der Waals surface area contributed by atoms with Crippen molar-refractivity contribution in [3.63, 3.8) is 0 Å². The number of benzene rings is 3. The highest BCUT2D eigenvalue weighted by Gasteiger charge is 2.39. The number of carbonyl (C=O) groups excluding carboxylic acids is 1. The van der Waals surface area contributed by atoms with Gasteiger partial charge in [0.25, 0.3) is 0 Å². The second-order valence-electron chi connectivity index (χ2n) is 8.70. The number of allylic oxidation sites excluding steroid dienone is 2. The van der Waals surface area contributed by atoms with Gasteiger partial charge in [-0.05, 0) is 54.7 Å². The first-order valence-corrected chi connectivity index (χ1v) is 11.3. The number of carbonyl (C=O) groups is 1. The lowest BCUT2D eigenvalue weighted by molar-refractivity contribution is -0.116. The normalized spacial score (nSPS) is 20.1. The van der Waals surface area contributed by atoms with Gasteiger partial charge < -0.3 is 5.32 Å². The van der Waals surface area contributed by atoms with Crippen molar-refractivity contribution < 1.29 is 4.79 Å². The number of nitrogens with zero attached hydrogens (tertiary/aromatic N) is 2. The van der Waals surface area contributed by atoms with Crippen LogP contribution in [-0.2, 0) is 4.79 Å². The molecule has 1 N–H and O–H groups in total. The average molecular weight is 440 g/mol. The zero-order chi connectivity index (χ0) is 21.8. The van der Waals surface area contributed by atoms with E-state index < -0.39 is 0 Å². The molecule has 0 radical (unpaired) electrons. The van der Waals surface area contributed by atoms with E-state index in [0.29, 0.717) is 11.4 Å². The second kappa shape index (κ2) is 7.35. The van der Waals surface area contributed by atoms with Crippen molar-refractivity contribution >= 4 is 34.4 Å². The molecule has 0 amide bonds. The summed E-state index contributed by atoms with van der Waals surface area (Å²) in [5.41, 5.74) is 7.23. The molecule has 32 heavy (non-hydrogen) atoms. The standard InChI is InChI=1S/C27H22ClN3O/c1-16-6-8-18(9-7-16)26-25-22(30-27-29-21-4-2-3-5-23(21)31(26)27)14-19(15-24(25)32)17-10-12-20(28)13-11-17/h2-13,19,26H,14-15H2,1H3,(H,29,30). The Morgan fingerprint density at radius 2 is 1.66 bits per heavy atom. The van der Waals surface area contributed by atoms with Crippen LogP contribution < -0.4 is 5.32 Å². The Bertz CT molecular complexity index is 1380. The lowest BCUT2D eigenvalue weighted by Gasteiger charge is -2.36. The number of rotatable bonds is 2. The first-order chi connectivity index (χ1) is 15.6. The van der Waals surface area contributed by atoms with Crippen LogP contribution in [0, 0.1) is 6.92 Å². The number of fused-ring (bicyclic) bond motifs is 3. The lowest BCUT2D eigenvalue weighted by Crippen LogP contribution is -2.33. The smallest absolute Gasteiger partial charge is 0.209 e. The number of imidazole rings is 1. The number of halogens is 1. The highest BCUT2D eigenvalue weighted by molar-refractivity contribution is 6.30. The van der Waals surface area contributed by atoms with Crippen molar-refractivity contribution in [1.29, 1.82) is 0 Å². The number of nitrogens with one attached hydrogen (secondary N) is 1. The lowest BCUT2D eigenvalue weighted by atomic mass is 9.77. The van der Waals surface area contributed by atoms with E-state index >= 15 is 0 Å². The Labute approximate surface area is 191 Å². The zero-order valence-electron chi connectivity index (χ0n) is 17.7. The Morgan fingerprint density at radius 1 is 0.938 bits per heavy atom. The van der Waals surface area contributed by atoms with Gasteiger partial charge in [0, 0.05) is 22.7 Å². The number of Topliss-reactive ketones (excluding diaryl/α,β-unsaturated/α-hetero) is 1. The zero-order valence-corrected chi connectivity index (χ0v) is 18.4. The summed E-state index contributed by atoms with van der Waals surface area (Å²) >= 11 is 6.08. The summed E-state index contributed by atoms with van der Waals surface area (Å²) in [6, 6.07) is 24.3. The Balaban J connectivity index is 1.51. The fourth-order valence-corrected chi connectivity index (χ4v) is 5.19. The number of aryl methyl sites for hydroxylation is 1. The van der Waals surface area contributed by atoms with Crippen LogP contribution in [0.15, 0.2) is 84.1 Å².